The Hall–Kier alpha value is -2.01. The minimum Gasteiger partial charge on any atom is -0.463 e. The molecule has 0 aliphatic carbocycles. The number of carbonyl (C=O) groups is 2. The molecule has 4 nitrogen and oxygen atoms in total. The van der Waals surface area contributed by atoms with Gasteiger partial charge in [0.2, 0.25) is 5.76 Å². The summed E-state index contributed by atoms with van der Waals surface area (Å²) in [6.45, 7) is 0. The monoisotopic (exact) mass is 290 g/mol. The van der Waals surface area contributed by atoms with Gasteiger partial charge in [-0.05, 0) is 17.7 Å². The van der Waals surface area contributed by atoms with Crippen molar-refractivity contribution in [3.63, 3.8) is 0 Å². The van der Waals surface area contributed by atoms with Crippen LogP contribution in [0, 0.1) is 0 Å². The van der Waals surface area contributed by atoms with E-state index >= 15 is 0 Å². The van der Waals surface area contributed by atoms with Crippen molar-refractivity contribution in [1.82, 2.24) is 0 Å². The topological polar surface area (TPSA) is 56.5 Å². The van der Waals surface area contributed by atoms with Gasteiger partial charge in [-0.25, -0.2) is 4.79 Å². The molecule has 0 aliphatic rings. The molecule has 2 rings (SSSR count). The molecule has 1 aromatic carbocycles. The minimum atomic E-state index is -0.507. The molecule has 0 amide bonds. The highest BCUT2D eigenvalue weighted by Crippen LogP contribution is 2.23. The fourth-order valence-electron chi connectivity index (χ4n) is 1.77. The number of carbonyl (C=O) groups excluding carboxylic acids is 2. The molecule has 0 saturated carbocycles. The first-order valence-corrected chi connectivity index (χ1v) is 6.67. The molecular weight excluding hydrogens is 276 g/mol. The summed E-state index contributed by atoms with van der Waals surface area (Å²) in [7, 11) is 1.30. The largest absolute Gasteiger partial charge is 0.463 e. The van der Waals surface area contributed by atoms with Crippen LogP contribution in [0.25, 0.3) is 11.3 Å². The molecular formula is C15H14O4S. The van der Waals surface area contributed by atoms with E-state index in [0.717, 1.165) is 11.1 Å². The second-order valence-corrected chi connectivity index (χ2v) is 4.54. The quantitative estimate of drug-likeness (QED) is 0.679. The van der Waals surface area contributed by atoms with Gasteiger partial charge < -0.3 is 9.15 Å². The Morgan fingerprint density at radius 1 is 1.15 bits per heavy atom. The molecule has 1 heterocycles. The van der Waals surface area contributed by atoms with Gasteiger partial charge in [0, 0.05) is 17.7 Å². The first-order chi connectivity index (χ1) is 9.63. The molecule has 0 N–H and O–H groups in total. The lowest BCUT2D eigenvalue weighted by atomic mass is 10.1. The number of hydrogen-bond acceptors (Lipinski definition) is 5. The van der Waals surface area contributed by atoms with Gasteiger partial charge in [-0.2, -0.15) is 12.6 Å². The highest BCUT2D eigenvalue weighted by atomic mass is 32.1. The number of benzene rings is 1. The fraction of sp³-hybridized carbons (Fsp3) is 0.200. The van der Waals surface area contributed by atoms with E-state index in [9.17, 15) is 9.59 Å². The Morgan fingerprint density at radius 3 is 2.45 bits per heavy atom. The van der Waals surface area contributed by atoms with E-state index in [1.165, 1.54) is 7.11 Å². The van der Waals surface area contributed by atoms with Crippen molar-refractivity contribution >= 4 is 24.4 Å². The summed E-state index contributed by atoms with van der Waals surface area (Å²) in [4.78, 5) is 22.6. The first-order valence-electron chi connectivity index (χ1n) is 6.04. The Kier molecular flexibility index (Phi) is 4.63. The van der Waals surface area contributed by atoms with Crippen molar-refractivity contribution in [2.45, 2.75) is 6.42 Å². The van der Waals surface area contributed by atoms with Crippen molar-refractivity contribution in [2.75, 3.05) is 12.9 Å². The van der Waals surface area contributed by atoms with Gasteiger partial charge in [-0.3, -0.25) is 4.79 Å². The molecule has 104 valence electrons. The molecule has 20 heavy (non-hydrogen) atoms. The van der Waals surface area contributed by atoms with Gasteiger partial charge in [0.25, 0.3) is 0 Å². The van der Waals surface area contributed by atoms with Crippen molar-refractivity contribution in [1.29, 1.82) is 0 Å². The van der Waals surface area contributed by atoms with E-state index in [0.29, 0.717) is 12.2 Å². The van der Waals surface area contributed by atoms with Gasteiger partial charge in [0.05, 0.1) is 7.11 Å². The van der Waals surface area contributed by atoms with E-state index < -0.39 is 5.97 Å². The Balaban J connectivity index is 2.15. The van der Waals surface area contributed by atoms with Crippen LogP contribution in [0.15, 0.2) is 40.8 Å². The number of ketones is 1. The molecule has 0 unspecified atom stereocenters. The highest BCUT2D eigenvalue weighted by molar-refractivity contribution is 7.81. The number of rotatable bonds is 5. The zero-order valence-electron chi connectivity index (χ0n) is 11.0. The van der Waals surface area contributed by atoms with E-state index in [4.69, 9.17) is 4.42 Å². The number of furan rings is 1. The molecule has 0 radical (unpaired) electrons. The normalized spacial score (nSPS) is 10.3. The fourth-order valence-corrected chi connectivity index (χ4v) is 1.89. The van der Waals surface area contributed by atoms with E-state index in [-0.39, 0.29) is 17.3 Å². The highest BCUT2D eigenvalue weighted by Gasteiger charge is 2.12. The predicted octanol–water partition coefficient (Wildman–Crippen LogP) is 2.77. The third-order valence-corrected chi connectivity index (χ3v) is 3.16. The van der Waals surface area contributed by atoms with Crippen LogP contribution < -0.4 is 0 Å². The molecule has 0 bridgehead atoms. The predicted molar refractivity (Wildman–Crippen MR) is 78.0 cm³/mol. The molecule has 0 atom stereocenters. The van der Waals surface area contributed by atoms with Crippen LogP contribution in [-0.4, -0.2) is 24.6 Å². The average molecular weight is 290 g/mol. The van der Waals surface area contributed by atoms with Crippen LogP contribution in [0.3, 0.4) is 0 Å². The van der Waals surface area contributed by atoms with Crippen molar-refractivity contribution in [2.24, 2.45) is 0 Å². The third kappa shape index (κ3) is 3.30. The van der Waals surface area contributed by atoms with Crippen molar-refractivity contribution < 1.29 is 18.7 Å². The number of esters is 1. The van der Waals surface area contributed by atoms with Crippen molar-refractivity contribution in [3.8, 4) is 11.3 Å². The summed E-state index contributed by atoms with van der Waals surface area (Å²) in [5.74, 6) is 0.552. The van der Waals surface area contributed by atoms with Crippen LogP contribution in [-0.2, 0) is 16.0 Å². The molecule has 0 aliphatic heterocycles. The third-order valence-electron chi connectivity index (χ3n) is 2.81. The summed E-state index contributed by atoms with van der Waals surface area (Å²) < 4.78 is 9.99. The number of ether oxygens (including phenoxy) is 1. The second-order valence-electron chi connectivity index (χ2n) is 4.23. The van der Waals surface area contributed by atoms with Crippen LogP contribution >= 0.6 is 12.6 Å². The maximum Gasteiger partial charge on any atom is 0.373 e. The van der Waals surface area contributed by atoms with Gasteiger partial charge in [-0.1, -0.05) is 24.3 Å². The Labute approximate surface area is 122 Å². The second kappa shape index (κ2) is 6.43. The lowest BCUT2D eigenvalue weighted by Gasteiger charge is -2.01. The number of Topliss-reactive ketones (excluding diaryl/α,β-unsaturated/α-hetero) is 1. The van der Waals surface area contributed by atoms with E-state index in [1.54, 1.807) is 12.1 Å². The summed E-state index contributed by atoms with van der Waals surface area (Å²) in [6, 6.07) is 10.7. The summed E-state index contributed by atoms with van der Waals surface area (Å²) in [5.41, 5.74) is 1.76. The molecule has 0 fully saturated rings. The molecule has 5 heteroatoms. The Morgan fingerprint density at radius 2 is 1.85 bits per heavy atom. The molecule has 2 aromatic rings. The molecule has 0 spiro atoms. The summed E-state index contributed by atoms with van der Waals surface area (Å²) >= 11 is 3.95. The molecule has 1 aromatic heterocycles. The van der Waals surface area contributed by atoms with Gasteiger partial charge in [0.1, 0.15) is 11.5 Å². The lowest BCUT2D eigenvalue weighted by Crippen LogP contribution is -2.03. The number of hydrogen-bond donors (Lipinski definition) is 1. The van der Waals surface area contributed by atoms with Crippen LogP contribution in [0.4, 0.5) is 0 Å². The number of methoxy groups -OCH3 is 1. The summed E-state index contributed by atoms with van der Waals surface area (Å²) in [5, 5.41) is 0. The van der Waals surface area contributed by atoms with Crippen LogP contribution in [0.1, 0.15) is 16.1 Å². The van der Waals surface area contributed by atoms with Crippen molar-refractivity contribution in [3.05, 3.63) is 47.7 Å². The minimum absolute atomic E-state index is 0.0760. The molecule has 0 saturated heterocycles. The lowest BCUT2D eigenvalue weighted by molar-refractivity contribution is -0.115. The SMILES string of the molecule is COC(=O)c1ccc(-c2ccc(CC(=O)CS)cc2)o1. The van der Waals surface area contributed by atoms with Crippen LogP contribution in [0.2, 0.25) is 0 Å². The standard InChI is InChI=1S/C15H14O4S/c1-18-15(17)14-7-6-13(19-14)11-4-2-10(3-5-11)8-12(16)9-20/h2-7,20H,8-9H2,1H3. The van der Waals surface area contributed by atoms with Gasteiger partial charge >= 0.3 is 5.97 Å². The zero-order chi connectivity index (χ0) is 14.5. The van der Waals surface area contributed by atoms with E-state index in [1.807, 2.05) is 24.3 Å². The maximum absolute atomic E-state index is 11.3. The van der Waals surface area contributed by atoms with Gasteiger partial charge in [-0.15, -0.1) is 0 Å². The van der Waals surface area contributed by atoms with E-state index in [2.05, 4.69) is 17.4 Å². The maximum atomic E-state index is 11.3. The average Bonchev–Trinajstić information content (AvgIpc) is 2.97. The van der Waals surface area contributed by atoms with Gasteiger partial charge in [0.15, 0.2) is 0 Å². The van der Waals surface area contributed by atoms with Crippen LogP contribution in [0.5, 0.6) is 0 Å². The Bertz CT molecular complexity index is 613. The number of thiol groups is 1. The zero-order valence-corrected chi connectivity index (χ0v) is 11.9. The first kappa shape index (κ1) is 14.4. The smallest absolute Gasteiger partial charge is 0.373 e. The summed E-state index contributed by atoms with van der Waals surface area (Å²) in [6.07, 6.45) is 0.370.